The second kappa shape index (κ2) is 11.6. The number of hydrogen-bond acceptors (Lipinski definition) is 2. The van der Waals surface area contributed by atoms with Gasteiger partial charge in [-0.05, 0) is 50.9 Å². The third-order valence-electron chi connectivity index (χ3n) is 4.29. The molecule has 6 heteroatoms. The van der Waals surface area contributed by atoms with Gasteiger partial charge in [-0.15, -0.1) is 24.0 Å². The molecule has 1 atom stereocenters. The molecule has 0 aliphatic carbocycles. The monoisotopic (exact) mass is 448 g/mol. The van der Waals surface area contributed by atoms with E-state index in [9.17, 15) is 4.39 Å². The summed E-state index contributed by atoms with van der Waals surface area (Å²) in [4.78, 5) is 7.07. The molecule has 4 nitrogen and oxygen atoms in total. The Balaban J connectivity index is 0.00000288. The van der Waals surface area contributed by atoms with Crippen molar-refractivity contribution >= 4 is 29.9 Å². The molecule has 136 valence electrons. The number of aliphatic imine (C=N–C) groups is 1. The summed E-state index contributed by atoms with van der Waals surface area (Å²) in [5, 5.41) is 6.62. The fourth-order valence-electron chi connectivity index (χ4n) is 2.96. The maximum Gasteiger partial charge on any atom is 0.191 e. The van der Waals surface area contributed by atoms with E-state index in [1.165, 1.54) is 37.9 Å². The van der Waals surface area contributed by atoms with E-state index in [1.54, 1.807) is 6.07 Å². The van der Waals surface area contributed by atoms with Gasteiger partial charge in [0.1, 0.15) is 5.82 Å². The van der Waals surface area contributed by atoms with Crippen molar-refractivity contribution in [2.45, 2.75) is 45.7 Å². The number of nitrogens with one attached hydrogen (secondary N) is 2. The van der Waals surface area contributed by atoms with Crippen molar-refractivity contribution in [2.75, 3.05) is 26.2 Å². The van der Waals surface area contributed by atoms with Crippen LogP contribution in [0.3, 0.4) is 0 Å². The molecular formula is C18H30FIN4. The Bertz CT molecular complexity index is 510. The molecule has 0 spiro atoms. The van der Waals surface area contributed by atoms with E-state index in [-0.39, 0.29) is 29.8 Å². The molecule has 1 unspecified atom stereocenters. The molecule has 0 aromatic heterocycles. The van der Waals surface area contributed by atoms with E-state index in [1.807, 2.05) is 13.0 Å². The first-order chi connectivity index (χ1) is 11.2. The van der Waals surface area contributed by atoms with Crippen molar-refractivity contribution in [2.24, 2.45) is 4.99 Å². The Morgan fingerprint density at radius 1 is 1.33 bits per heavy atom. The van der Waals surface area contributed by atoms with Gasteiger partial charge in [0.25, 0.3) is 0 Å². The quantitative estimate of drug-likeness (QED) is 0.398. The molecule has 0 radical (unpaired) electrons. The van der Waals surface area contributed by atoms with Gasteiger partial charge in [0.05, 0.1) is 6.54 Å². The molecule has 2 N–H and O–H groups in total. The van der Waals surface area contributed by atoms with E-state index in [2.05, 4.69) is 27.4 Å². The second-order valence-electron chi connectivity index (χ2n) is 6.13. The van der Waals surface area contributed by atoms with Crippen LogP contribution in [0.25, 0.3) is 0 Å². The number of halogens is 2. The summed E-state index contributed by atoms with van der Waals surface area (Å²) in [6, 6.07) is 7.28. The zero-order valence-electron chi connectivity index (χ0n) is 14.7. The average molecular weight is 448 g/mol. The smallest absolute Gasteiger partial charge is 0.191 e. The maximum absolute atomic E-state index is 13.2. The average Bonchev–Trinajstić information content (AvgIpc) is 2.54. The number of benzene rings is 1. The minimum Gasteiger partial charge on any atom is -0.357 e. The van der Waals surface area contributed by atoms with Crippen LogP contribution in [0.4, 0.5) is 4.39 Å². The van der Waals surface area contributed by atoms with Gasteiger partial charge >= 0.3 is 0 Å². The molecule has 1 saturated heterocycles. The molecule has 1 aliphatic rings. The Morgan fingerprint density at radius 2 is 2.17 bits per heavy atom. The summed E-state index contributed by atoms with van der Waals surface area (Å²) in [5.41, 5.74) is 0.881. The number of nitrogens with zero attached hydrogens (tertiary/aromatic N) is 2. The standard InChI is InChI=1S/C18H29FN4.HI/c1-3-20-18(22-14-16-8-6-9-17(19)13-16)21-10-12-23-11-5-4-7-15(23)2;/h6,8-9,13,15H,3-5,7,10-12,14H2,1-2H3,(H2,20,21,22);1H. The summed E-state index contributed by atoms with van der Waals surface area (Å²) in [5.74, 6) is 0.580. The lowest BCUT2D eigenvalue weighted by Crippen LogP contribution is -2.45. The molecule has 0 saturated carbocycles. The SMILES string of the molecule is CCNC(=NCc1cccc(F)c1)NCCN1CCCCC1C.I. The topological polar surface area (TPSA) is 39.7 Å². The third-order valence-corrected chi connectivity index (χ3v) is 4.29. The normalized spacial score (nSPS) is 18.8. The van der Waals surface area contributed by atoms with Crippen LogP contribution >= 0.6 is 24.0 Å². The molecule has 1 fully saturated rings. The van der Waals surface area contributed by atoms with Crippen LogP contribution in [-0.2, 0) is 6.54 Å². The highest BCUT2D eigenvalue weighted by Crippen LogP contribution is 2.15. The van der Waals surface area contributed by atoms with Crippen LogP contribution < -0.4 is 10.6 Å². The highest BCUT2D eigenvalue weighted by atomic mass is 127. The highest BCUT2D eigenvalue weighted by Gasteiger charge is 2.17. The minimum atomic E-state index is -0.213. The maximum atomic E-state index is 13.2. The zero-order valence-corrected chi connectivity index (χ0v) is 17.1. The van der Waals surface area contributed by atoms with Crippen LogP contribution in [-0.4, -0.2) is 43.1 Å². The molecule has 0 bridgehead atoms. The molecule has 1 aromatic carbocycles. The first-order valence-electron chi connectivity index (χ1n) is 8.69. The molecule has 1 aromatic rings. The predicted octanol–water partition coefficient (Wildman–Crippen LogP) is 3.37. The Hall–Kier alpha value is -0.890. The molecule has 2 rings (SSSR count). The molecular weight excluding hydrogens is 418 g/mol. The van der Waals surface area contributed by atoms with Gasteiger partial charge < -0.3 is 10.6 Å². The predicted molar refractivity (Wildman–Crippen MR) is 110 cm³/mol. The van der Waals surface area contributed by atoms with Crippen LogP contribution in [0.1, 0.15) is 38.7 Å². The third kappa shape index (κ3) is 7.34. The van der Waals surface area contributed by atoms with Crippen molar-refractivity contribution < 1.29 is 4.39 Å². The lowest BCUT2D eigenvalue weighted by Gasteiger charge is -2.33. The van der Waals surface area contributed by atoms with Gasteiger partial charge in [-0.25, -0.2) is 9.38 Å². The van der Waals surface area contributed by atoms with Gasteiger partial charge in [-0.1, -0.05) is 18.6 Å². The van der Waals surface area contributed by atoms with Crippen molar-refractivity contribution in [3.8, 4) is 0 Å². The summed E-state index contributed by atoms with van der Waals surface area (Å²) < 4.78 is 13.2. The Kier molecular flexibility index (Phi) is 10.2. The number of rotatable bonds is 6. The first kappa shape index (κ1) is 21.2. The molecule has 24 heavy (non-hydrogen) atoms. The summed E-state index contributed by atoms with van der Waals surface area (Å²) in [6.45, 7) is 8.75. The first-order valence-corrected chi connectivity index (χ1v) is 8.69. The fraction of sp³-hybridized carbons (Fsp3) is 0.611. The van der Waals surface area contributed by atoms with Crippen LogP contribution in [0.2, 0.25) is 0 Å². The second-order valence-corrected chi connectivity index (χ2v) is 6.13. The van der Waals surface area contributed by atoms with Gasteiger partial charge in [0.2, 0.25) is 0 Å². The Morgan fingerprint density at radius 3 is 2.88 bits per heavy atom. The van der Waals surface area contributed by atoms with E-state index in [0.29, 0.717) is 12.6 Å². The fourth-order valence-corrected chi connectivity index (χ4v) is 2.96. The largest absolute Gasteiger partial charge is 0.357 e. The molecule has 0 amide bonds. The van der Waals surface area contributed by atoms with E-state index >= 15 is 0 Å². The summed E-state index contributed by atoms with van der Waals surface area (Å²) in [7, 11) is 0. The van der Waals surface area contributed by atoms with Gasteiger partial charge in [0, 0.05) is 25.7 Å². The minimum absolute atomic E-state index is 0. The van der Waals surface area contributed by atoms with Crippen molar-refractivity contribution in [3.63, 3.8) is 0 Å². The Labute approximate surface area is 162 Å². The van der Waals surface area contributed by atoms with Crippen molar-refractivity contribution in [1.82, 2.24) is 15.5 Å². The number of guanidine groups is 1. The molecule has 1 aliphatic heterocycles. The summed E-state index contributed by atoms with van der Waals surface area (Å²) >= 11 is 0. The van der Waals surface area contributed by atoms with E-state index in [0.717, 1.165) is 31.2 Å². The molecule has 1 heterocycles. The van der Waals surface area contributed by atoms with Gasteiger partial charge in [0.15, 0.2) is 5.96 Å². The van der Waals surface area contributed by atoms with Gasteiger partial charge in [-0.2, -0.15) is 0 Å². The highest BCUT2D eigenvalue weighted by molar-refractivity contribution is 14.0. The van der Waals surface area contributed by atoms with Crippen molar-refractivity contribution in [3.05, 3.63) is 35.6 Å². The lowest BCUT2D eigenvalue weighted by molar-refractivity contribution is 0.163. The van der Waals surface area contributed by atoms with Crippen LogP contribution in [0.5, 0.6) is 0 Å². The van der Waals surface area contributed by atoms with Crippen molar-refractivity contribution in [1.29, 1.82) is 0 Å². The number of likely N-dealkylation sites (tertiary alicyclic amines) is 1. The van der Waals surface area contributed by atoms with Crippen LogP contribution in [0, 0.1) is 5.82 Å². The van der Waals surface area contributed by atoms with Crippen LogP contribution in [0.15, 0.2) is 29.3 Å². The van der Waals surface area contributed by atoms with E-state index in [4.69, 9.17) is 0 Å². The number of hydrogen-bond donors (Lipinski definition) is 2. The zero-order chi connectivity index (χ0) is 16.5. The number of piperidine rings is 1. The van der Waals surface area contributed by atoms with Gasteiger partial charge in [-0.3, -0.25) is 4.90 Å². The van der Waals surface area contributed by atoms with E-state index < -0.39 is 0 Å². The lowest BCUT2D eigenvalue weighted by atomic mass is 10.0. The summed E-state index contributed by atoms with van der Waals surface area (Å²) in [6.07, 6.45) is 3.95.